The fourth-order valence-corrected chi connectivity index (χ4v) is 1.00. The van der Waals surface area contributed by atoms with Crippen molar-refractivity contribution in [1.82, 2.24) is 9.97 Å². The van der Waals surface area contributed by atoms with Gasteiger partial charge in [0.1, 0.15) is 5.82 Å². The topological polar surface area (TPSA) is 28.7 Å². The first-order valence-corrected chi connectivity index (χ1v) is 3.52. The molecular formula is C10H10N2. The molecule has 0 bridgehead atoms. The molecule has 0 aliphatic heterocycles. The molecule has 0 spiro atoms. The Morgan fingerprint density at radius 1 is 1.58 bits per heavy atom. The average Bonchev–Trinajstić information content (AvgIpc) is 2.58. The van der Waals surface area contributed by atoms with E-state index < -0.39 is 6.85 Å². The highest BCUT2D eigenvalue weighted by molar-refractivity contribution is 5.55. The molecule has 1 aromatic heterocycles. The predicted octanol–water partition coefficient (Wildman–Crippen LogP) is 2.39. The fourth-order valence-electron chi connectivity index (χ4n) is 1.00. The summed E-state index contributed by atoms with van der Waals surface area (Å²) in [5.74, 6) is 0.339. The quantitative estimate of drug-likeness (QED) is 0.687. The Kier molecular flexibility index (Phi) is 0.806. The monoisotopic (exact) mass is 163 g/mol. The first kappa shape index (κ1) is 3.44. The second-order valence-electron chi connectivity index (χ2n) is 2.40. The Morgan fingerprint density at radius 3 is 3.33 bits per heavy atom. The number of benzene rings is 1. The zero-order chi connectivity index (χ0) is 12.6. The summed E-state index contributed by atoms with van der Waals surface area (Å²) in [4.78, 5) is 6.47. The fraction of sp³-hybridized carbons (Fsp3) is 0.100. The number of nitrogens with one attached hydrogen (secondary N) is 1. The highest BCUT2D eigenvalue weighted by atomic mass is 14.9. The number of aromatic amines is 1. The lowest BCUT2D eigenvalue weighted by atomic mass is 10.1. The number of imidazole rings is 1. The third kappa shape index (κ3) is 1.23. The Labute approximate surface area is 78.3 Å². The Balaban J connectivity index is 2.47. The molecule has 0 amide bonds. The van der Waals surface area contributed by atoms with Gasteiger partial charge in [0.2, 0.25) is 0 Å². The molecule has 0 aliphatic rings. The molecule has 2 heteroatoms. The SMILES string of the molecule is [2H]c1nc(-c2cccc(C([2H])([2H])[2H])c2)[nH]c1[2H]. The average molecular weight is 163 g/mol. The summed E-state index contributed by atoms with van der Waals surface area (Å²) < 4.78 is 36.6. The molecule has 2 rings (SSSR count). The number of H-pyrrole nitrogens is 1. The summed E-state index contributed by atoms with van der Waals surface area (Å²) in [5, 5.41) is 0. The molecular weight excluding hydrogens is 148 g/mol. The summed E-state index contributed by atoms with van der Waals surface area (Å²) in [6, 6.07) is 6.31. The predicted molar refractivity (Wildman–Crippen MR) is 48.8 cm³/mol. The normalized spacial score (nSPS) is 17.2. The molecule has 0 aliphatic carbocycles. The highest BCUT2D eigenvalue weighted by Crippen LogP contribution is 2.14. The molecule has 1 heterocycles. The van der Waals surface area contributed by atoms with Gasteiger partial charge in [0, 0.05) is 22.0 Å². The van der Waals surface area contributed by atoms with Crippen molar-refractivity contribution in [2.75, 3.05) is 0 Å². The minimum absolute atomic E-state index is 0.0840. The van der Waals surface area contributed by atoms with Gasteiger partial charge in [-0.1, -0.05) is 23.8 Å². The van der Waals surface area contributed by atoms with E-state index in [4.69, 9.17) is 6.85 Å². The molecule has 1 N–H and O–H groups in total. The zero-order valence-electron chi connectivity index (χ0n) is 11.3. The lowest BCUT2D eigenvalue weighted by molar-refractivity contribution is 1.30. The smallest absolute Gasteiger partial charge is 0.137 e. The van der Waals surface area contributed by atoms with Crippen molar-refractivity contribution in [3.05, 3.63) is 42.2 Å². The van der Waals surface area contributed by atoms with Crippen LogP contribution >= 0.6 is 0 Å². The molecule has 12 heavy (non-hydrogen) atoms. The van der Waals surface area contributed by atoms with Crippen LogP contribution in [0.25, 0.3) is 11.4 Å². The molecule has 0 saturated carbocycles. The minimum atomic E-state index is -2.17. The summed E-state index contributed by atoms with van der Waals surface area (Å²) >= 11 is 0. The maximum atomic E-state index is 7.35. The third-order valence-electron chi connectivity index (χ3n) is 1.54. The number of hydrogen-bond acceptors (Lipinski definition) is 1. The number of rotatable bonds is 1. The van der Waals surface area contributed by atoms with Crippen molar-refractivity contribution >= 4 is 0 Å². The first-order chi connectivity index (χ1) is 7.88. The van der Waals surface area contributed by atoms with Crippen LogP contribution in [0, 0.1) is 6.85 Å². The van der Waals surface area contributed by atoms with Crippen LogP contribution in [0.4, 0.5) is 0 Å². The third-order valence-corrected chi connectivity index (χ3v) is 1.54. The first-order valence-electron chi connectivity index (χ1n) is 6.02. The van der Waals surface area contributed by atoms with Gasteiger partial charge in [0.15, 0.2) is 0 Å². The van der Waals surface area contributed by atoms with Crippen molar-refractivity contribution in [3.63, 3.8) is 0 Å². The molecule has 1 aromatic carbocycles. The summed E-state index contributed by atoms with van der Waals surface area (Å²) in [6.07, 6.45) is -0.237. The van der Waals surface area contributed by atoms with E-state index in [0.717, 1.165) is 0 Å². The Morgan fingerprint density at radius 2 is 2.58 bits per heavy atom. The van der Waals surface area contributed by atoms with Crippen LogP contribution in [0.2, 0.25) is 0 Å². The largest absolute Gasteiger partial charge is 0.345 e. The molecule has 0 unspecified atom stereocenters. The molecule has 0 fully saturated rings. The molecule has 60 valence electrons. The number of nitrogens with zero attached hydrogens (tertiary/aromatic N) is 1. The van der Waals surface area contributed by atoms with Crippen molar-refractivity contribution in [2.24, 2.45) is 0 Å². The lowest BCUT2D eigenvalue weighted by Crippen LogP contribution is -1.80. The van der Waals surface area contributed by atoms with Gasteiger partial charge in [-0.3, -0.25) is 0 Å². The van der Waals surface area contributed by atoms with E-state index in [1.165, 1.54) is 12.1 Å². The van der Waals surface area contributed by atoms with Gasteiger partial charge in [-0.25, -0.2) is 4.98 Å². The van der Waals surface area contributed by atoms with Crippen LogP contribution in [0.5, 0.6) is 0 Å². The second kappa shape index (κ2) is 2.81. The summed E-state index contributed by atoms with van der Waals surface area (Å²) in [7, 11) is 0. The number of aryl methyl sites for hydroxylation is 1. The second-order valence-corrected chi connectivity index (χ2v) is 2.40. The van der Waals surface area contributed by atoms with E-state index >= 15 is 0 Å². The van der Waals surface area contributed by atoms with E-state index in [1.54, 1.807) is 12.1 Å². The van der Waals surface area contributed by atoms with E-state index in [1.807, 2.05) is 0 Å². The maximum absolute atomic E-state index is 7.35. The van der Waals surface area contributed by atoms with Gasteiger partial charge in [-0.15, -0.1) is 0 Å². The van der Waals surface area contributed by atoms with Crippen molar-refractivity contribution in [2.45, 2.75) is 6.85 Å². The van der Waals surface area contributed by atoms with E-state index in [2.05, 4.69) is 9.97 Å². The molecule has 0 radical (unpaired) electrons. The Hall–Kier alpha value is -1.57. The van der Waals surface area contributed by atoms with Gasteiger partial charge in [-0.2, -0.15) is 0 Å². The van der Waals surface area contributed by atoms with Gasteiger partial charge < -0.3 is 4.98 Å². The zero-order valence-corrected chi connectivity index (χ0v) is 6.26. The summed E-state index contributed by atoms with van der Waals surface area (Å²) in [6.45, 7) is -2.17. The standard InChI is InChI=1S/C10H10N2/c1-8-3-2-4-9(7-8)10-11-5-6-12-10/h2-7H,1H3,(H,11,12)/i1D3,5D,6D. The van der Waals surface area contributed by atoms with Crippen LogP contribution < -0.4 is 0 Å². The molecule has 0 atom stereocenters. The Bertz CT molecular complexity index is 524. The number of hydrogen-bond donors (Lipinski definition) is 1. The van der Waals surface area contributed by atoms with E-state index in [0.29, 0.717) is 11.4 Å². The van der Waals surface area contributed by atoms with Crippen LogP contribution in [-0.4, -0.2) is 9.97 Å². The van der Waals surface area contributed by atoms with Crippen LogP contribution in [0.15, 0.2) is 36.6 Å². The van der Waals surface area contributed by atoms with Crippen molar-refractivity contribution in [3.8, 4) is 11.4 Å². The summed E-state index contributed by atoms with van der Waals surface area (Å²) in [5.41, 5.74) is 0.773. The van der Waals surface area contributed by atoms with Crippen LogP contribution in [-0.2, 0) is 0 Å². The van der Waals surface area contributed by atoms with E-state index in [9.17, 15) is 0 Å². The lowest BCUT2D eigenvalue weighted by Gasteiger charge is -1.96. The molecule has 0 saturated heterocycles. The van der Waals surface area contributed by atoms with Gasteiger partial charge in [0.25, 0.3) is 0 Å². The van der Waals surface area contributed by atoms with Crippen LogP contribution in [0.1, 0.15) is 12.4 Å². The van der Waals surface area contributed by atoms with Gasteiger partial charge in [-0.05, 0) is 12.9 Å². The van der Waals surface area contributed by atoms with E-state index in [-0.39, 0.29) is 17.9 Å². The molecule has 2 aromatic rings. The van der Waals surface area contributed by atoms with Crippen LogP contribution in [0.3, 0.4) is 0 Å². The van der Waals surface area contributed by atoms with Gasteiger partial charge in [0.05, 0.1) is 2.74 Å². The van der Waals surface area contributed by atoms with Crippen molar-refractivity contribution < 1.29 is 6.85 Å². The highest BCUT2D eigenvalue weighted by Gasteiger charge is 1.97. The van der Waals surface area contributed by atoms with Gasteiger partial charge >= 0.3 is 0 Å². The number of aromatic nitrogens is 2. The maximum Gasteiger partial charge on any atom is 0.137 e. The van der Waals surface area contributed by atoms with Crippen molar-refractivity contribution in [1.29, 1.82) is 0 Å². The molecule has 2 nitrogen and oxygen atoms in total. The minimum Gasteiger partial charge on any atom is -0.345 e.